The lowest BCUT2D eigenvalue weighted by Crippen LogP contribution is -2.09. The molecule has 6 nitrogen and oxygen atoms in total. The number of thioether (sulfide) groups is 1. The standard InChI is InChI=1S/C16H19N3O3S/c1-3-9-19-14(17-18-16(19)23-11-15(20)21)10-22-13-8-6-5-7-12(13)4-2/h3,5-8H,1,4,9-11H2,2H3,(H,20,21). The van der Waals surface area contributed by atoms with Crippen LogP contribution in [0.1, 0.15) is 18.3 Å². The highest BCUT2D eigenvalue weighted by Gasteiger charge is 2.14. The van der Waals surface area contributed by atoms with Gasteiger partial charge in [-0.3, -0.25) is 9.36 Å². The van der Waals surface area contributed by atoms with Gasteiger partial charge in [0.1, 0.15) is 12.4 Å². The zero-order chi connectivity index (χ0) is 16.7. The first-order chi connectivity index (χ1) is 11.2. The van der Waals surface area contributed by atoms with E-state index in [1.165, 1.54) is 0 Å². The van der Waals surface area contributed by atoms with Gasteiger partial charge in [0.25, 0.3) is 0 Å². The number of aliphatic carboxylic acids is 1. The first kappa shape index (κ1) is 17.1. The average molecular weight is 333 g/mol. The van der Waals surface area contributed by atoms with E-state index in [2.05, 4.69) is 23.7 Å². The quantitative estimate of drug-likeness (QED) is 0.562. The van der Waals surface area contributed by atoms with Crippen molar-refractivity contribution in [3.8, 4) is 5.75 Å². The van der Waals surface area contributed by atoms with Crippen molar-refractivity contribution in [2.75, 3.05) is 5.75 Å². The van der Waals surface area contributed by atoms with Crippen molar-refractivity contribution in [2.24, 2.45) is 0 Å². The lowest BCUT2D eigenvalue weighted by atomic mass is 10.1. The van der Waals surface area contributed by atoms with Gasteiger partial charge in [0.15, 0.2) is 11.0 Å². The zero-order valence-corrected chi connectivity index (χ0v) is 13.8. The second kappa shape index (κ2) is 8.38. The number of hydrogen-bond acceptors (Lipinski definition) is 5. The molecule has 1 aromatic heterocycles. The average Bonchev–Trinajstić information content (AvgIpc) is 2.93. The van der Waals surface area contributed by atoms with Crippen LogP contribution >= 0.6 is 11.8 Å². The summed E-state index contributed by atoms with van der Waals surface area (Å²) >= 11 is 1.13. The number of carboxylic acids is 1. The number of para-hydroxylation sites is 1. The molecule has 0 saturated heterocycles. The molecular formula is C16H19N3O3S. The van der Waals surface area contributed by atoms with Crippen LogP contribution in [0.3, 0.4) is 0 Å². The molecular weight excluding hydrogens is 314 g/mol. The Morgan fingerprint density at radius 3 is 2.91 bits per heavy atom. The van der Waals surface area contributed by atoms with Crippen molar-refractivity contribution in [3.05, 3.63) is 48.3 Å². The van der Waals surface area contributed by atoms with Crippen molar-refractivity contribution in [2.45, 2.75) is 31.7 Å². The van der Waals surface area contributed by atoms with Gasteiger partial charge in [0.05, 0.1) is 5.75 Å². The molecule has 0 atom stereocenters. The minimum absolute atomic E-state index is 0.0607. The van der Waals surface area contributed by atoms with Crippen molar-refractivity contribution in [1.82, 2.24) is 14.8 Å². The molecule has 0 spiro atoms. The number of ether oxygens (including phenoxy) is 1. The molecule has 1 N–H and O–H groups in total. The zero-order valence-electron chi connectivity index (χ0n) is 12.9. The third-order valence-electron chi connectivity index (χ3n) is 3.14. The largest absolute Gasteiger partial charge is 0.485 e. The van der Waals surface area contributed by atoms with Gasteiger partial charge in [0, 0.05) is 6.54 Å². The highest BCUT2D eigenvalue weighted by molar-refractivity contribution is 7.99. The van der Waals surface area contributed by atoms with Crippen LogP contribution in [0.2, 0.25) is 0 Å². The number of carboxylic acid groups (broad SMARTS) is 1. The molecule has 2 rings (SSSR count). The summed E-state index contributed by atoms with van der Waals surface area (Å²) in [6, 6.07) is 7.86. The first-order valence-corrected chi connectivity index (χ1v) is 8.22. The van der Waals surface area contributed by atoms with Gasteiger partial charge in [-0.2, -0.15) is 0 Å². The SMILES string of the molecule is C=CCn1c(COc2ccccc2CC)nnc1SCC(=O)O. The number of aryl methyl sites for hydroxylation is 1. The molecule has 0 aliphatic carbocycles. The van der Waals surface area contributed by atoms with E-state index in [1.54, 1.807) is 6.08 Å². The molecule has 1 aromatic carbocycles. The Morgan fingerprint density at radius 2 is 2.22 bits per heavy atom. The molecule has 0 bridgehead atoms. The van der Waals surface area contributed by atoms with Crippen LogP contribution in [0, 0.1) is 0 Å². The maximum absolute atomic E-state index is 10.7. The van der Waals surface area contributed by atoms with Crippen LogP contribution in [0.15, 0.2) is 42.1 Å². The van der Waals surface area contributed by atoms with Crippen molar-refractivity contribution >= 4 is 17.7 Å². The minimum Gasteiger partial charge on any atom is -0.485 e. The van der Waals surface area contributed by atoms with Crippen LogP contribution in [0.4, 0.5) is 0 Å². The molecule has 0 saturated carbocycles. The highest BCUT2D eigenvalue weighted by atomic mass is 32.2. The van der Waals surface area contributed by atoms with Gasteiger partial charge in [-0.05, 0) is 18.1 Å². The van der Waals surface area contributed by atoms with Gasteiger partial charge in [0.2, 0.25) is 0 Å². The summed E-state index contributed by atoms with van der Waals surface area (Å²) in [7, 11) is 0. The fraction of sp³-hybridized carbons (Fsp3) is 0.312. The van der Waals surface area contributed by atoms with E-state index < -0.39 is 5.97 Å². The summed E-state index contributed by atoms with van der Waals surface area (Å²) in [4.78, 5) is 10.7. The maximum atomic E-state index is 10.7. The predicted octanol–water partition coefficient (Wildman–Crippen LogP) is 2.78. The van der Waals surface area contributed by atoms with Crippen molar-refractivity contribution in [1.29, 1.82) is 0 Å². The number of carbonyl (C=O) groups is 1. The highest BCUT2D eigenvalue weighted by Crippen LogP contribution is 2.21. The Labute approximate surface area is 139 Å². The van der Waals surface area contributed by atoms with E-state index in [9.17, 15) is 4.79 Å². The molecule has 1 heterocycles. The summed E-state index contributed by atoms with van der Waals surface area (Å²) in [6.07, 6.45) is 2.60. The summed E-state index contributed by atoms with van der Waals surface area (Å²) in [5.41, 5.74) is 1.13. The van der Waals surface area contributed by atoms with Gasteiger partial charge in [-0.15, -0.1) is 16.8 Å². The Hall–Kier alpha value is -2.28. The van der Waals surface area contributed by atoms with E-state index in [1.807, 2.05) is 28.8 Å². The summed E-state index contributed by atoms with van der Waals surface area (Å²) < 4.78 is 7.67. The molecule has 0 fully saturated rings. The first-order valence-electron chi connectivity index (χ1n) is 7.24. The van der Waals surface area contributed by atoms with E-state index in [-0.39, 0.29) is 12.4 Å². The van der Waals surface area contributed by atoms with E-state index in [0.29, 0.717) is 17.5 Å². The molecule has 2 aromatic rings. The molecule has 0 aliphatic rings. The number of rotatable bonds is 9. The summed E-state index contributed by atoms with van der Waals surface area (Å²) in [5.74, 6) is 0.513. The van der Waals surface area contributed by atoms with Crippen molar-refractivity contribution < 1.29 is 14.6 Å². The molecule has 0 aliphatic heterocycles. The van der Waals surface area contributed by atoms with Crippen LogP contribution in [0.5, 0.6) is 5.75 Å². The number of hydrogen-bond donors (Lipinski definition) is 1. The van der Waals surface area contributed by atoms with E-state index in [4.69, 9.17) is 9.84 Å². The van der Waals surface area contributed by atoms with Gasteiger partial charge in [-0.25, -0.2) is 0 Å². The molecule has 0 amide bonds. The fourth-order valence-electron chi connectivity index (χ4n) is 2.05. The Balaban J connectivity index is 2.12. The third kappa shape index (κ3) is 4.59. The number of benzene rings is 1. The predicted molar refractivity (Wildman–Crippen MR) is 88.7 cm³/mol. The minimum atomic E-state index is -0.891. The molecule has 0 unspecified atom stereocenters. The second-order valence-electron chi connectivity index (χ2n) is 4.73. The van der Waals surface area contributed by atoms with Gasteiger partial charge in [-0.1, -0.05) is 43.0 Å². The number of aromatic nitrogens is 3. The maximum Gasteiger partial charge on any atom is 0.313 e. The monoisotopic (exact) mass is 333 g/mol. The lowest BCUT2D eigenvalue weighted by Gasteiger charge is -2.11. The van der Waals surface area contributed by atoms with E-state index in [0.717, 1.165) is 29.5 Å². The lowest BCUT2D eigenvalue weighted by molar-refractivity contribution is -0.133. The third-order valence-corrected chi connectivity index (χ3v) is 4.09. The molecule has 7 heteroatoms. The van der Waals surface area contributed by atoms with Crippen LogP contribution in [-0.2, 0) is 24.4 Å². The van der Waals surface area contributed by atoms with Crippen LogP contribution in [0.25, 0.3) is 0 Å². The van der Waals surface area contributed by atoms with E-state index >= 15 is 0 Å². The van der Waals surface area contributed by atoms with Crippen LogP contribution < -0.4 is 4.74 Å². The van der Waals surface area contributed by atoms with Gasteiger partial charge < -0.3 is 9.84 Å². The molecule has 0 radical (unpaired) electrons. The number of nitrogens with zero attached hydrogens (tertiary/aromatic N) is 3. The number of allylic oxidation sites excluding steroid dienone is 1. The van der Waals surface area contributed by atoms with Crippen molar-refractivity contribution in [3.63, 3.8) is 0 Å². The smallest absolute Gasteiger partial charge is 0.313 e. The Bertz CT molecular complexity index is 685. The summed E-state index contributed by atoms with van der Waals surface area (Å²) in [5, 5.41) is 17.5. The second-order valence-corrected chi connectivity index (χ2v) is 5.67. The Kier molecular flexibility index (Phi) is 6.22. The Morgan fingerprint density at radius 1 is 1.43 bits per heavy atom. The molecule has 23 heavy (non-hydrogen) atoms. The van der Waals surface area contributed by atoms with Gasteiger partial charge >= 0.3 is 5.97 Å². The summed E-state index contributed by atoms with van der Waals surface area (Å²) in [6.45, 7) is 6.56. The molecule has 122 valence electrons. The van der Waals surface area contributed by atoms with Crippen LogP contribution in [-0.4, -0.2) is 31.6 Å². The fourth-order valence-corrected chi connectivity index (χ4v) is 2.74. The topological polar surface area (TPSA) is 77.2 Å². The normalized spacial score (nSPS) is 10.5.